The van der Waals surface area contributed by atoms with Crippen molar-refractivity contribution >= 4 is 5.97 Å². The Kier molecular flexibility index (Phi) is 3.20. The van der Waals surface area contributed by atoms with Gasteiger partial charge in [-0.2, -0.15) is 4.98 Å². The lowest BCUT2D eigenvalue weighted by Crippen LogP contribution is -2.22. The van der Waals surface area contributed by atoms with E-state index in [1.165, 1.54) is 18.3 Å². The molecule has 18 heavy (non-hydrogen) atoms. The van der Waals surface area contributed by atoms with Gasteiger partial charge in [-0.15, -0.1) is 0 Å². The van der Waals surface area contributed by atoms with E-state index in [9.17, 15) is 4.79 Å². The summed E-state index contributed by atoms with van der Waals surface area (Å²) >= 11 is 0. The van der Waals surface area contributed by atoms with Crippen LogP contribution < -0.4 is 0 Å². The highest BCUT2D eigenvalue weighted by Gasteiger charge is 2.18. The molecule has 8 nitrogen and oxygen atoms in total. The van der Waals surface area contributed by atoms with E-state index in [2.05, 4.69) is 15.1 Å². The zero-order valence-electron chi connectivity index (χ0n) is 9.02. The molecular weight excluding hydrogens is 242 g/mol. The Morgan fingerprint density at radius 2 is 2.22 bits per heavy atom. The van der Waals surface area contributed by atoms with E-state index < -0.39 is 12.1 Å². The molecule has 0 fully saturated rings. The molecule has 2 rings (SSSR count). The Morgan fingerprint density at radius 3 is 2.83 bits per heavy atom. The summed E-state index contributed by atoms with van der Waals surface area (Å²) in [6.45, 7) is 0. The van der Waals surface area contributed by atoms with Crippen molar-refractivity contribution in [2.45, 2.75) is 12.5 Å². The quantitative estimate of drug-likeness (QED) is 0.682. The third kappa shape index (κ3) is 2.61. The highest BCUT2D eigenvalue weighted by molar-refractivity contribution is 5.72. The van der Waals surface area contributed by atoms with Gasteiger partial charge in [0.1, 0.15) is 11.4 Å². The number of pyridine rings is 1. The van der Waals surface area contributed by atoms with Crippen molar-refractivity contribution in [3.05, 3.63) is 24.2 Å². The molecule has 0 saturated heterocycles. The lowest BCUT2D eigenvalue weighted by molar-refractivity contribution is -0.146. The molecular formula is C10H9N3O5. The first-order valence-corrected chi connectivity index (χ1v) is 4.95. The number of aliphatic hydroxyl groups is 1. The van der Waals surface area contributed by atoms with Crippen molar-refractivity contribution in [1.82, 2.24) is 15.1 Å². The van der Waals surface area contributed by atoms with Crippen LogP contribution in [0, 0.1) is 0 Å². The van der Waals surface area contributed by atoms with Gasteiger partial charge in [0.05, 0.1) is 12.6 Å². The molecule has 94 valence electrons. The van der Waals surface area contributed by atoms with Crippen LogP contribution in [0.15, 0.2) is 22.9 Å². The number of hydrogen-bond donors (Lipinski definition) is 3. The van der Waals surface area contributed by atoms with E-state index in [1.54, 1.807) is 0 Å². The molecule has 0 amide bonds. The van der Waals surface area contributed by atoms with Gasteiger partial charge in [-0.1, -0.05) is 5.16 Å². The highest BCUT2D eigenvalue weighted by Crippen LogP contribution is 2.16. The predicted octanol–water partition coefficient (Wildman–Crippen LogP) is -0.175. The Hall–Kier alpha value is -2.48. The van der Waals surface area contributed by atoms with Gasteiger partial charge in [0.2, 0.25) is 11.7 Å². The third-order valence-corrected chi connectivity index (χ3v) is 2.10. The lowest BCUT2D eigenvalue weighted by atomic mass is 10.2. The summed E-state index contributed by atoms with van der Waals surface area (Å²) in [5.74, 6) is -1.21. The predicted molar refractivity (Wildman–Crippen MR) is 56.5 cm³/mol. The third-order valence-electron chi connectivity index (χ3n) is 2.10. The van der Waals surface area contributed by atoms with E-state index in [0.717, 1.165) is 0 Å². The number of nitrogens with zero attached hydrogens (tertiary/aromatic N) is 3. The minimum Gasteiger partial charge on any atom is -0.506 e. The van der Waals surface area contributed by atoms with Crippen molar-refractivity contribution in [3.63, 3.8) is 0 Å². The normalized spacial score (nSPS) is 12.3. The molecule has 0 aromatic carbocycles. The molecule has 0 aliphatic heterocycles. The largest absolute Gasteiger partial charge is 0.506 e. The Bertz CT molecular complexity index is 551. The number of aromatic hydroxyl groups is 1. The number of hydrogen-bond acceptors (Lipinski definition) is 7. The van der Waals surface area contributed by atoms with Crippen molar-refractivity contribution in [2.24, 2.45) is 0 Å². The van der Waals surface area contributed by atoms with Crippen LogP contribution in [-0.2, 0) is 11.2 Å². The molecule has 0 saturated carbocycles. The monoisotopic (exact) mass is 251 g/mol. The summed E-state index contributed by atoms with van der Waals surface area (Å²) in [7, 11) is 0. The molecule has 2 heterocycles. The number of aliphatic carboxylic acids is 1. The van der Waals surface area contributed by atoms with Gasteiger partial charge >= 0.3 is 5.97 Å². The molecule has 0 bridgehead atoms. The second-order valence-electron chi connectivity index (χ2n) is 3.47. The maximum atomic E-state index is 10.4. The Morgan fingerprint density at radius 1 is 1.44 bits per heavy atom. The summed E-state index contributed by atoms with van der Waals surface area (Å²) < 4.78 is 4.78. The van der Waals surface area contributed by atoms with Crippen LogP contribution in [0.25, 0.3) is 11.5 Å². The van der Waals surface area contributed by atoms with Gasteiger partial charge in [0.15, 0.2) is 6.10 Å². The molecule has 8 heteroatoms. The fraction of sp³-hybridized carbons (Fsp3) is 0.200. The van der Waals surface area contributed by atoms with E-state index in [-0.39, 0.29) is 23.9 Å². The zero-order valence-corrected chi connectivity index (χ0v) is 9.02. The van der Waals surface area contributed by atoms with Gasteiger partial charge < -0.3 is 19.8 Å². The van der Waals surface area contributed by atoms with Gasteiger partial charge in [0.25, 0.3) is 0 Å². The molecule has 0 aliphatic carbocycles. The van der Waals surface area contributed by atoms with Gasteiger partial charge in [0, 0.05) is 0 Å². The van der Waals surface area contributed by atoms with Crippen LogP contribution in [0.4, 0.5) is 0 Å². The van der Waals surface area contributed by atoms with Crippen LogP contribution >= 0.6 is 0 Å². The summed E-state index contributed by atoms with van der Waals surface area (Å²) in [6.07, 6.45) is -0.649. The topological polar surface area (TPSA) is 130 Å². The minimum absolute atomic E-state index is 0.00349. The lowest BCUT2D eigenvalue weighted by Gasteiger charge is -1.98. The Balaban J connectivity index is 2.15. The second-order valence-corrected chi connectivity index (χ2v) is 3.47. The van der Waals surface area contributed by atoms with Crippen LogP contribution in [0.5, 0.6) is 5.75 Å². The fourth-order valence-corrected chi connectivity index (χ4v) is 1.21. The number of carbonyl (C=O) groups is 1. The molecule has 0 radical (unpaired) electrons. The average molecular weight is 251 g/mol. The zero-order chi connectivity index (χ0) is 13.1. The number of carboxylic acids is 1. The molecule has 0 spiro atoms. The number of aliphatic hydroxyl groups excluding tert-OH is 1. The summed E-state index contributed by atoms with van der Waals surface area (Å²) in [5, 5.41) is 30.3. The summed E-state index contributed by atoms with van der Waals surface area (Å²) in [6, 6.07) is 2.89. The number of carboxylic acid groups (broad SMARTS) is 1. The fourth-order valence-electron chi connectivity index (χ4n) is 1.21. The van der Waals surface area contributed by atoms with Gasteiger partial charge in [-0.3, -0.25) is 0 Å². The smallest absolute Gasteiger partial charge is 0.333 e. The van der Waals surface area contributed by atoms with E-state index in [0.29, 0.717) is 5.69 Å². The first-order valence-electron chi connectivity index (χ1n) is 4.95. The van der Waals surface area contributed by atoms with Gasteiger partial charge in [-0.25, -0.2) is 9.78 Å². The average Bonchev–Trinajstić information content (AvgIpc) is 2.78. The Labute approximate surface area is 101 Å². The molecule has 2 aromatic rings. The van der Waals surface area contributed by atoms with Crippen molar-refractivity contribution < 1.29 is 24.6 Å². The molecule has 0 aliphatic rings. The van der Waals surface area contributed by atoms with Crippen LogP contribution in [0.2, 0.25) is 0 Å². The van der Waals surface area contributed by atoms with E-state index in [1.807, 2.05) is 0 Å². The molecule has 1 unspecified atom stereocenters. The summed E-state index contributed by atoms with van der Waals surface area (Å²) in [5.41, 5.74) is 0.368. The second kappa shape index (κ2) is 4.80. The number of aromatic nitrogens is 3. The molecule has 1 atom stereocenters. The highest BCUT2D eigenvalue weighted by atomic mass is 16.5. The van der Waals surface area contributed by atoms with E-state index >= 15 is 0 Å². The van der Waals surface area contributed by atoms with Crippen molar-refractivity contribution in [2.75, 3.05) is 0 Å². The molecule has 2 aromatic heterocycles. The van der Waals surface area contributed by atoms with Gasteiger partial charge in [-0.05, 0) is 12.1 Å². The number of rotatable bonds is 4. The maximum Gasteiger partial charge on any atom is 0.333 e. The maximum absolute atomic E-state index is 10.4. The van der Waals surface area contributed by atoms with Crippen molar-refractivity contribution in [3.8, 4) is 17.3 Å². The first kappa shape index (κ1) is 12.0. The van der Waals surface area contributed by atoms with Crippen LogP contribution in [0.1, 0.15) is 5.89 Å². The first-order chi connectivity index (χ1) is 8.56. The summed E-state index contributed by atoms with van der Waals surface area (Å²) in [4.78, 5) is 18.2. The SMILES string of the molecule is O=C(O)C(O)Cc1nc(-c2ccc(O)cn2)no1. The van der Waals surface area contributed by atoms with E-state index in [4.69, 9.17) is 19.8 Å². The minimum atomic E-state index is -1.59. The standard InChI is InChI=1S/C10H9N3O5/c14-5-1-2-6(11-4-5)9-12-8(18-13-9)3-7(15)10(16)17/h1-2,4,7,14-15H,3H2,(H,16,17). The van der Waals surface area contributed by atoms with Crippen molar-refractivity contribution in [1.29, 1.82) is 0 Å². The molecule has 3 N–H and O–H groups in total. The van der Waals surface area contributed by atoms with Crippen LogP contribution in [-0.4, -0.2) is 42.5 Å². The van der Waals surface area contributed by atoms with Crippen LogP contribution in [0.3, 0.4) is 0 Å².